The molecular weight excluding hydrogens is 312 g/mol. The number of carboxylic acids is 2. The lowest BCUT2D eigenvalue weighted by molar-refractivity contribution is -0.137. The van der Waals surface area contributed by atoms with Gasteiger partial charge in [0.05, 0.1) is 17.7 Å². The van der Waals surface area contributed by atoms with Gasteiger partial charge in [0, 0.05) is 6.42 Å². The van der Waals surface area contributed by atoms with E-state index in [0.29, 0.717) is 0 Å². The summed E-state index contributed by atoms with van der Waals surface area (Å²) in [5.74, 6) is -2.51. The molecule has 0 unspecified atom stereocenters. The number of ether oxygens (including phenoxy) is 1. The van der Waals surface area contributed by atoms with Crippen molar-refractivity contribution in [3.8, 4) is 0 Å². The number of carboxylic acid groups (broad SMARTS) is 2. The summed E-state index contributed by atoms with van der Waals surface area (Å²) in [5.41, 5.74) is 0.0206. The molecule has 6 nitrogen and oxygen atoms in total. The third-order valence-electron chi connectivity index (χ3n) is 3.65. The molecule has 0 bridgehead atoms. The van der Waals surface area contributed by atoms with Crippen LogP contribution in [0.4, 0.5) is 0 Å². The molecule has 6 heteroatoms. The predicted molar refractivity (Wildman–Crippen MR) is 88.3 cm³/mol. The van der Waals surface area contributed by atoms with Gasteiger partial charge >= 0.3 is 17.9 Å². The van der Waals surface area contributed by atoms with Crippen molar-refractivity contribution in [2.75, 3.05) is 6.61 Å². The van der Waals surface area contributed by atoms with Gasteiger partial charge in [-0.2, -0.15) is 0 Å². The minimum absolute atomic E-state index is 0.0520. The van der Waals surface area contributed by atoms with E-state index in [1.165, 1.54) is 12.1 Å². The average Bonchev–Trinajstić information content (AvgIpc) is 2.56. The highest BCUT2D eigenvalue weighted by Gasteiger charge is 2.16. The Morgan fingerprint density at radius 2 is 1.33 bits per heavy atom. The van der Waals surface area contributed by atoms with Gasteiger partial charge in [-0.3, -0.25) is 4.79 Å². The maximum absolute atomic E-state index is 11.9. The summed E-state index contributed by atoms with van der Waals surface area (Å²) in [5, 5.41) is 17.5. The number of unbranched alkanes of at least 4 members (excludes halogenated alkanes) is 6. The molecular formula is C18H24O6. The third kappa shape index (κ3) is 7.76. The lowest BCUT2D eigenvalue weighted by Crippen LogP contribution is -2.12. The third-order valence-corrected chi connectivity index (χ3v) is 3.65. The number of esters is 1. The second-order valence-electron chi connectivity index (χ2n) is 5.61. The Labute approximate surface area is 141 Å². The van der Waals surface area contributed by atoms with E-state index in [1.807, 2.05) is 0 Å². The molecule has 0 aromatic heterocycles. The van der Waals surface area contributed by atoms with Crippen molar-refractivity contribution >= 4 is 17.9 Å². The van der Waals surface area contributed by atoms with Gasteiger partial charge in [-0.1, -0.05) is 44.2 Å². The smallest absolute Gasteiger partial charge is 0.339 e. The fraction of sp³-hybridized carbons (Fsp3) is 0.500. The zero-order valence-electron chi connectivity index (χ0n) is 13.7. The minimum Gasteiger partial charge on any atom is -0.481 e. The molecule has 2 N–H and O–H groups in total. The Kier molecular flexibility index (Phi) is 9.19. The van der Waals surface area contributed by atoms with Crippen molar-refractivity contribution in [3.63, 3.8) is 0 Å². The number of carbonyl (C=O) groups is 3. The summed E-state index contributed by atoms with van der Waals surface area (Å²) in [6.07, 6.45) is 6.59. The van der Waals surface area contributed by atoms with Crippen LogP contribution in [-0.4, -0.2) is 34.7 Å². The molecule has 0 heterocycles. The van der Waals surface area contributed by atoms with Crippen molar-refractivity contribution in [2.24, 2.45) is 0 Å². The molecule has 0 aliphatic rings. The Bertz CT molecular complexity index is 552. The highest BCUT2D eigenvalue weighted by molar-refractivity contribution is 6.02. The van der Waals surface area contributed by atoms with E-state index in [4.69, 9.17) is 14.9 Å². The first-order valence-corrected chi connectivity index (χ1v) is 8.23. The number of aliphatic carboxylic acids is 1. The van der Waals surface area contributed by atoms with Crippen molar-refractivity contribution in [1.82, 2.24) is 0 Å². The van der Waals surface area contributed by atoms with Crippen molar-refractivity contribution in [1.29, 1.82) is 0 Å². The lowest BCUT2D eigenvalue weighted by atomic mass is 10.1. The van der Waals surface area contributed by atoms with E-state index in [2.05, 4.69) is 0 Å². The van der Waals surface area contributed by atoms with Gasteiger partial charge in [0.1, 0.15) is 0 Å². The van der Waals surface area contributed by atoms with Crippen LogP contribution in [-0.2, 0) is 9.53 Å². The van der Waals surface area contributed by atoms with Gasteiger partial charge in [0.2, 0.25) is 0 Å². The quantitative estimate of drug-likeness (QED) is 0.445. The van der Waals surface area contributed by atoms with Crippen LogP contribution >= 0.6 is 0 Å². The zero-order chi connectivity index (χ0) is 17.8. The SMILES string of the molecule is O=C(O)CCCCCCCCCOC(=O)c1ccccc1C(=O)O. The summed E-state index contributed by atoms with van der Waals surface area (Å²) >= 11 is 0. The number of hydrogen-bond donors (Lipinski definition) is 2. The molecule has 0 radical (unpaired) electrons. The molecule has 1 rings (SSSR count). The molecule has 1 aromatic rings. The molecule has 0 amide bonds. The first-order valence-electron chi connectivity index (χ1n) is 8.23. The largest absolute Gasteiger partial charge is 0.481 e. The molecule has 0 saturated heterocycles. The van der Waals surface area contributed by atoms with Crippen LogP contribution in [0, 0.1) is 0 Å². The van der Waals surface area contributed by atoms with Crippen LogP contribution in [0.2, 0.25) is 0 Å². The lowest BCUT2D eigenvalue weighted by Gasteiger charge is -2.07. The van der Waals surface area contributed by atoms with Crippen molar-refractivity contribution < 1.29 is 29.3 Å². The van der Waals surface area contributed by atoms with Crippen LogP contribution in [0.15, 0.2) is 24.3 Å². The monoisotopic (exact) mass is 336 g/mol. The minimum atomic E-state index is -1.15. The Morgan fingerprint density at radius 3 is 1.92 bits per heavy atom. The highest BCUT2D eigenvalue weighted by atomic mass is 16.5. The summed E-state index contributed by atoms with van der Waals surface area (Å²) in [6.45, 7) is 0.270. The Balaban J connectivity index is 2.12. The van der Waals surface area contributed by atoms with Crippen LogP contribution in [0.5, 0.6) is 0 Å². The first kappa shape index (κ1) is 19.7. The molecule has 0 fully saturated rings. The molecule has 1 aromatic carbocycles. The van der Waals surface area contributed by atoms with Gasteiger partial charge in [-0.25, -0.2) is 9.59 Å². The van der Waals surface area contributed by atoms with Gasteiger partial charge in [-0.05, 0) is 25.0 Å². The van der Waals surface area contributed by atoms with E-state index < -0.39 is 17.9 Å². The van der Waals surface area contributed by atoms with Gasteiger partial charge in [-0.15, -0.1) is 0 Å². The van der Waals surface area contributed by atoms with E-state index in [-0.39, 0.29) is 24.2 Å². The summed E-state index contributed by atoms with van der Waals surface area (Å²) in [6, 6.07) is 6.00. The molecule has 0 atom stereocenters. The predicted octanol–water partition coefficient (Wildman–Crippen LogP) is 3.75. The standard InChI is InChI=1S/C18H24O6/c19-16(20)12-6-4-2-1-3-5-9-13-24-18(23)15-11-8-7-10-14(15)17(21)22/h7-8,10-11H,1-6,9,12-13H2,(H,19,20)(H,21,22). The maximum Gasteiger partial charge on any atom is 0.339 e. The summed E-state index contributed by atoms with van der Waals surface area (Å²) in [7, 11) is 0. The molecule has 0 aliphatic carbocycles. The van der Waals surface area contributed by atoms with Crippen LogP contribution in [0.25, 0.3) is 0 Å². The van der Waals surface area contributed by atoms with Crippen molar-refractivity contribution in [3.05, 3.63) is 35.4 Å². The number of rotatable bonds is 12. The van der Waals surface area contributed by atoms with E-state index in [0.717, 1.165) is 44.9 Å². The molecule has 24 heavy (non-hydrogen) atoms. The van der Waals surface area contributed by atoms with Crippen LogP contribution in [0.1, 0.15) is 72.1 Å². The van der Waals surface area contributed by atoms with Crippen molar-refractivity contribution in [2.45, 2.75) is 51.4 Å². The van der Waals surface area contributed by atoms with Gasteiger partial charge < -0.3 is 14.9 Å². The fourth-order valence-corrected chi connectivity index (χ4v) is 2.35. The average molecular weight is 336 g/mol. The second kappa shape index (κ2) is 11.2. The highest BCUT2D eigenvalue weighted by Crippen LogP contribution is 2.12. The van der Waals surface area contributed by atoms with Crippen LogP contribution < -0.4 is 0 Å². The number of aromatic carboxylic acids is 1. The van der Waals surface area contributed by atoms with E-state index in [1.54, 1.807) is 12.1 Å². The molecule has 0 saturated carbocycles. The number of hydrogen-bond acceptors (Lipinski definition) is 4. The summed E-state index contributed by atoms with van der Waals surface area (Å²) < 4.78 is 5.12. The Morgan fingerprint density at radius 1 is 0.792 bits per heavy atom. The van der Waals surface area contributed by atoms with Gasteiger partial charge in [0.15, 0.2) is 0 Å². The first-order chi connectivity index (χ1) is 11.5. The van der Waals surface area contributed by atoms with E-state index in [9.17, 15) is 14.4 Å². The molecule has 132 valence electrons. The number of carbonyl (C=O) groups excluding carboxylic acids is 1. The topological polar surface area (TPSA) is 101 Å². The molecule has 0 aliphatic heterocycles. The van der Waals surface area contributed by atoms with Gasteiger partial charge in [0.25, 0.3) is 0 Å². The fourth-order valence-electron chi connectivity index (χ4n) is 2.35. The molecule has 0 spiro atoms. The summed E-state index contributed by atoms with van der Waals surface area (Å²) in [4.78, 5) is 33.3. The maximum atomic E-state index is 11.9. The second-order valence-corrected chi connectivity index (χ2v) is 5.61. The normalized spacial score (nSPS) is 10.3. The van der Waals surface area contributed by atoms with E-state index >= 15 is 0 Å². The number of benzene rings is 1. The van der Waals surface area contributed by atoms with Crippen LogP contribution in [0.3, 0.4) is 0 Å². The zero-order valence-corrected chi connectivity index (χ0v) is 13.7. The Hall–Kier alpha value is -2.37.